The van der Waals surface area contributed by atoms with Crippen LogP contribution < -0.4 is 11.1 Å². The molecule has 10 heteroatoms. The van der Waals surface area contributed by atoms with E-state index in [-0.39, 0.29) is 25.6 Å². The molecule has 2 aromatic rings. The van der Waals surface area contributed by atoms with E-state index in [0.29, 0.717) is 16.4 Å². The van der Waals surface area contributed by atoms with E-state index in [1.54, 1.807) is 13.8 Å². The van der Waals surface area contributed by atoms with Crippen molar-refractivity contribution in [1.82, 2.24) is 0 Å². The van der Waals surface area contributed by atoms with Crippen LogP contribution in [0.4, 0.5) is 5.00 Å². The van der Waals surface area contributed by atoms with Crippen LogP contribution in [0.3, 0.4) is 0 Å². The molecule has 4 N–H and O–H groups in total. The monoisotopic (exact) mass is 416 g/mol. The lowest BCUT2D eigenvalue weighted by Crippen LogP contribution is -2.32. The van der Waals surface area contributed by atoms with Crippen LogP contribution >= 0.6 is 22.9 Å². The second-order valence-electron chi connectivity index (χ2n) is 5.81. The molecule has 1 unspecified atom stereocenters. The third kappa shape index (κ3) is 4.24. The number of benzene rings is 1. The summed E-state index contributed by atoms with van der Waals surface area (Å²) in [6, 6.07) is 6.63. The van der Waals surface area contributed by atoms with E-state index < -0.39 is 27.8 Å². The van der Waals surface area contributed by atoms with Crippen molar-refractivity contribution in [1.29, 1.82) is 0 Å². The number of aliphatic hydroxyl groups is 1. The zero-order chi connectivity index (χ0) is 19.6. The van der Waals surface area contributed by atoms with Gasteiger partial charge in [0.05, 0.1) is 10.5 Å². The van der Waals surface area contributed by atoms with Gasteiger partial charge in [0.1, 0.15) is 15.3 Å². The van der Waals surface area contributed by atoms with Gasteiger partial charge in [-0.15, -0.1) is 11.3 Å². The fourth-order valence-corrected chi connectivity index (χ4v) is 4.90. The minimum Gasteiger partial charge on any atom is -0.383 e. The van der Waals surface area contributed by atoms with Crippen LogP contribution in [0.5, 0.6) is 0 Å². The highest BCUT2D eigenvalue weighted by Crippen LogP contribution is 2.35. The molecule has 0 bridgehead atoms. The normalized spacial score (nSPS) is 12.8. The number of primary amides is 1. The molecule has 0 saturated carbocycles. The molecule has 140 valence electrons. The number of sulfone groups is 1. The third-order valence-electron chi connectivity index (χ3n) is 3.50. The fraction of sp³-hybridized carbons (Fsp3) is 0.250. The molecule has 7 nitrogen and oxygen atoms in total. The maximum absolute atomic E-state index is 12.7. The number of halogens is 1. The molecule has 2 amide bonds. The fourth-order valence-electron chi connectivity index (χ4n) is 2.00. The maximum atomic E-state index is 12.7. The number of nitrogens with two attached hydrogens (primary N) is 1. The molecule has 0 radical (unpaired) electrons. The molecule has 0 saturated heterocycles. The van der Waals surface area contributed by atoms with Crippen molar-refractivity contribution in [3.05, 3.63) is 40.9 Å². The summed E-state index contributed by atoms with van der Waals surface area (Å²) in [5.74, 6) is -2.00. The highest BCUT2D eigenvalue weighted by atomic mass is 35.5. The van der Waals surface area contributed by atoms with E-state index in [2.05, 4.69) is 5.32 Å². The van der Waals surface area contributed by atoms with E-state index in [0.717, 1.165) is 6.07 Å². The summed E-state index contributed by atoms with van der Waals surface area (Å²) in [4.78, 5) is 23.6. The molecule has 0 spiro atoms. The number of rotatable bonds is 6. The number of hydrogen-bond acceptors (Lipinski definition) is 6. The van der Waals surface area contributed by atoms with Crippen molar-refractivity contribution in [2.24, 2.45) is 11.7 Å². The van der Waals surface area contributed by atoms with Gasteiger partial charge in [-0.25, -0.2) is 8.42 Å². The smallest absolute Gasteiger partial charge is 0.254 e. The topological polar surface area (TPSA) is 127 Å². The van der Waals surface area contributed by atoms with Crippen molar-refractivity contribution in [2.75, 3.05) is 5.32 Å². The molecule has 1 aromatic carbocycles. The molecule has 1 aromatic heterocycles. The van der Waals surface area contributed by atoms with Gasteiger partial charge in [-0.3, -0.25) is 9.59 Å². The Labute approximate surface area is 159 Å². The molecule has 0 fully saturated rings. The van der Waals surface area contributed by atoms with Crippen molar-refractivity contribution < 1.29 is 23.1 Å². The van der Waals surface area contributed by atoms with Gasteiger partial charge in [-0.2, -0.15) is 0 Å². The van der Waals surface area contributed by atoms with Crippen molar-refractivity contribution in [2.45, 2.75) is 29.1 Å². The average molecular weight is 417 g/mol. The Bertz CT molecular complexity index is 936. The van der Waals surface area contributed by atoms with Gasteiger partial charge in [-0.05, 0) is 36.2 Å². The molecule has 26 heavy (non-hydrogen) atoms. The Morgan fingerprint density at radius 2 is 1.81 bits per heavy atom. The van der Waals surface area contributed by atoms with Crippen LogP contribution in [-0.2, 0) is 14.6 Å². The number of hydrogen-bond donors (Lipinski definition) is 3. The van der Waals surface area contributed by atoms with E-state index in [4.69, 9.17) is 17.3 Å². The van der Waals surface area contributed by atoms with E-state index in [9.17, 15) is 23.1 Å². The predicted octanol–water partition coefficient (Wildman–Crippen LogP) is 2.29. The second kappa shape index (κ2) is 7.75. The second-order valence-corrected chi connectivity index (χ2v) is 9.47. The molecule has 0 aliphatic rings. The van der Waals surface area contributed by atoms with Gasteiger partial charge in [0.25, 0.3) is 11.8 Å². The number of thiophene rings is 1. The minimum absolute atomic E-state index is 0.0146. The Kier molecular flexibility index (Phi) is 6.07. The molecule has 1 heterocycles. The standard InChI is InChI=1S/C16H17ClN2O5S2/c1-8(2)13(20)15(22)19-16-11(14(18)21)7-12(25-16)26(23,24)10-5-3-9(17)4-6-10/h3-8,13,20H,1-2H3,(H2,18,21)(H,19,22). The Balaban J connectivity index is 2.44. The quantitative estimate of drug-likeness (QED) is 0.665. The average Bonchev–Trinajstić information content (AvgIpc) is 2.99. The van der Waals surface area contributed by atoms with Gasteiger partial charge in [-0.1, -0.05) is 25.4 Å². The van der Waals surface area contributed by atoms with Crippen LogP contribution in [0, 0.1) is 5.92 Å². The first-order valence-electron chi connectivity index (χ1n) is 7.47. The van der Waals surface area contributed by atoms with Gasteiger partial charge in [0.15, 0.2) is 0 Å². The SMILES string of the molecule is CC(C)C(O)C(=O)Nc1sc(S(=O)(=O)c2ccc(Cl)cc2)cc1C(N)=O. The zero-order valence-corrected chi connectivity index (χ0v) is 16.3. The number of anilines is 1. The summed E-state index contributed by atoms with van der Waals surface area (Å²) in [7, 11) is -3.93. The summed E-state index contributed by atoms with van der Waals surface area (Å²) in [5, 5.41) is 12.5. The largest absolute Gasteiger partial charge is 0.383 e. The van der Waals surface area contributed by atoms with Crippen LogP contribution in [0.2, 0.25) is 5.02 Å². The molecular weight excluding hydrogens is 400 g/mol. The van der Waals surface area contributed by atoms with Crippen molar-refractivity contribution in [3.8, 4) is 0 Å². The molecule has 2 rings (SSSR count). The lowest BCUT2D eigenvalue weighted by Gasteiger charge is -2.13. The first kappa shape index (κ1) is 20.4. The highest BCUT2D eigenvalue weighted by Gasteiger charge is 2.27. The number of carbonyl (C=O) groups excluding carboxylic acids is 2. The molecular formula is C16H17ClN2O5S2. The first-order chi connectivity index (χ1) is 12.0. The van der Waals surface area contributed by atoms with Crippen LogP contribution in [0.25, 0.3) is 0 Å². The lowest BCUT2D eigenvalue weighted by atomic mass is 10.1. The van der Waals surface area contributed by atoms with Crippen LogP contribution in [-0.4, -0.2) is 31.4 Å². The number of amides is 2. The minimum atomic E-state index is -3.93. The maximum Gasteiger partial charge on any atom is 0.254 e. The van der Waals surface area contributed by atoms with Crippen LogP contribution in [0.1, 0.15) is 24.2 Å². The highest BCUT2D eigenvalue weighted by molar-refractivity contribution is 7.93. The van der Waals surface area contributed by atoms with Gasteiger partial charge in [0.2, 0.25) is 9.84 Å². The Morgan fingerprint density at radius 1 is 1.23 bits per heavy atom. The first-order valence-corrected chi connectivity index (χ1v) is 10.1. The lowest BCUT2D eigenvalue weighted by molar-refractivity contribution is -0.125. The summed E-state index contributed by atoms with van der Waals surface area (Å²) >= 11 is 6.45. The summed E-state index contributed by atoms with van der Waals surface area (Å²) in [6.45, 7) is 3.29. The summed E-state index contributed by atoms with van der Waals surface area (Å²) < 4.78 is 25.3. The van der Waals surface area contributed by atoms with Gasteiger partial charge >= 0.3 is 0 Å². The number of nitrogens with one attached hydrogen (secondary N) is 1. The summed E-state index contributed by atoms with van der Waals surface area (Å²) in [5.41, 5.74) is 5.14. The van der Waals surface area contributed by atoms with Gasteiger partial charge < -0.3 is 16.2 Å². The number of carbonyl (C=O) groups is 2. The Hall–Kier alpha value is -1.94. The van der Waals surface area contributed by atoms with E-state index in [1.807, 2.05) is 0 Å². The number of aliphatic hydroxyl groups excluding tert-OH is 1. The molecule has 0 aliphatic heterocycles. The predicted molar refractivity (Wildman–Crippen MR) is 99.2 cm³/mol. The molecule has 0 aliphatic carbocycles. The third-order valence-corrected chi connectivity index (χ3v) is 7.05. The van der Waals surface area contributed by atoms with Crippen molar-refractivity contribution >= 4 is 49.6 Å². The summed E-state index contributed by atoms with van der Waals surface area (Å²) in [6.07, 6.45) is -1.31. The van der Waals surface area contributed by atoms with Crippen LogP contribution in [0.15, 0.2) is 39.4 Å². The van der Waals surface area contributed by atoms with E-state index in [1.165, 1.54) is 24.3 Å². The van der Waals surface area contributed by atoms with Gasteiger partial charge in [0, 0.05) is 5.02 Å². The van der Waals surface area contributed by atoms with Crippen molar-refractivity contribution in [3.63, 3.8) is 0 Å². The Morgan fingerprint density at radius 3 is 2.31 bits per heavy atom. The van der Waals surface area contributed by atoms with E-state index >= 15 is 0 Å². The molecule has 1 atom stereocenters. The zero-order valence-electron chi connectivity index (χ0n) is 13.9.